The van der Waals surface area contributed by atoms with E-state index < -0.39 is 0 Å². The van der Waals surface area contributed by atoms with Crippen molar-refractivity contribution in [2.45, 2.75) is 13.0 Å². The van der Waals surface area contributed by atoms with E-state index >= 15 is 0 Å². The molecule has 2 aromatic carbocycles. The molecule has 0 bridgehead atoms. The van der Waals surface area contributed by atoms with Crippen LogP contribution in [0.5, 0.6) is 23.0 Å². The monoisotopic (exact) mass is 273 g/mol. The second-order valence-corrected chi connectivity index (χ2v) is 4.44. The summed E-state index contributed by atoms with van der Waals surface area (Å²) in [6.45, 7) is 1.90. The van der Waals surface area contributed by atoms with Crippen molar-refractivity contribution in [1.29, 1.82) is 0 Å². The van der Waals surface area contributed by atoms with Crippen molar-refractivity contribution in [3.8, 4) is 23.0 Å². The van der Waals surface area contributed by atoms with Crippen molar-refractivity contribution in [2.75, 3.05) is 14.2 Å². The topological polar surface area (TPSA) is 53.7 Å². The molecule has 0 unspecified atom stereocenters. The summed E-state index contributed by atoms with van der Waals surface area (Å²) in [5.41, 5.74) is 6.86. The molecule has 0 radical (unpaired) electrons. The quantitative estimate of drug-likeness (QED) is 0.905. The van der Waals surface area contributed by atoms with E-state index in [4.69, 9.17) is 19.9 Å². The predicted octanol–water partition coefficient (Wildman–Crippen LogP) is 3.52. The molecule has 0 saturated carbocycles. The zero-order valence-corrected chi connectivity index (χ0v) is 11.9. The average Bonchev–Trinajstić information content (AvgIpc) is 2.47. The first kappa shape index (κ1) is 14.2. The minimum atomic E-state index is -0.181. The van der Waals surface area contributed by atoms with Crippen LogP contribution in [-0.2, 0) is 0 Å². The SMILES string of the molecule is COc1ccc(Oc2cccc(OC)c2[C@@H](C)N)cc1. The third kappa shape index (κ3) is 3.03. The van der Waals surface area contributed by atoms with Crippen LogP contribution in [0.1, 0.15) is 18.5 Å². The van der Waals surface area contributed by atoms with Gasteiger partial charge in [0.05, 0.1) is 19.8 Å². The van der Waals surface area contributed by atoms with Crippen LogP contribution >= 0.6 is 0 Å². The summed E-state index contributed by atoms with van der Waals surface area (Å²) in [5.74, 6) is 2.94. The van der Waals surface area contributed by atoms with Gasteiger partial charge in [-0.05, 0) is 43.3 Å². The van der Waals surface area contributed by atoms with Crippen LogP contribution in [0, 0.1) is 0 Å². The molecule has 1 atom stereocenters. The number of hydrogen-bond acceptors (Lipinski definition) is 4. The summed E-state index contributed by atoms with van der Waals surface area (Å²) in [7, 11) is 3.25. The van der Waals surface area contributed by atoms with Crippen LogP contribution in [-0.4, -0.2) is 14.2 Å². The fourth-order valence-corrected chi connectivity index (χ4v) is 2.01. The van der Waals surface area contributed by atoms with E-state index in [1.54, 1.807) is 14.2 Å². The van der Waals surface area contributed by atoms with E-state index in [0.29, 0.717) is 5.75 Å². The van der Waals surface area contributed by atoms with Crippen molar-refractivity contribution in [1.82, 2.24) is 0 Å². The maximum absolute atomic E-state index is 6.01. The van der Waals surface area contributed by atoms with Gasteiger partial charge in [0.25, 0.3) is 0 Å². The predicted molar refractivity (Wildman–Crippen MR) is 78.7 cm³/mol. The lowest BCUT2D eigenvalue weighted by molar-refractivity contribution is 0.396. The highest BCUT2D eigenvalue weighted by Gasteiger charge is 2.14. The van der Waals surface area contributed by atoms with Crippen molar-refractivity contribution >= 4 is 0 Å². The van der Waals surface area contributed by atoms with E-state index in [1.165, 1.54) is 0 Å². The lowest BCUT2D eigenvalue weighted by atomic mass is 10.1. The molecule has 2 aromatic rings. The molecule has 0 saturated heterocycles. The Morgan fingerprint density at radius 2 is 1.45 bits per heavy atom. The molecule has 2 N–H and O–H groups in total. The third-order valence-electron chi connectivity index (χ3n) is 2.99. The molecule has 2 rings (SSSR count). The molecular weight excluding hydrogens is 254 g/mol. The highest BCUT2D eigenvalue weighted by Crippen LogP contribution is 2.35. The number of nitrogens with two attached hydrogens (primary N) is 1. The van der Waals surface area contributed by atoms with Gasteiger partial charge < -0.3 is 19.9 Å². The molecular formula is C16H19NO3. The fourth-order valence-electron chi connectivity index (χ4n) is 2.01. The molecule has 0 aromatic heterocycles. The first-order valence-corrected chi connectivity index (χ1v) is 6.40. The number of ether oxygens (including phenoxy) is 3. The molecule has 0 aliphatic heterocycles. The first-order valence-electron chi connectivity index (χ1n) is 6.40. The van der Waals surface area contributed by atoms with Gasteiger partial charge in [-0.1, -0.05) is 6.07 Å². The molecule has 0 spiro atoms. The molecule has 0 fully saturated rings. The number of methoxy groups -OCH3 is 2. The molecule has 106 valence electrons. The number of benzene rings is 2. The van der Waals surface area contributed by atoms with Crippen molar-refractivity contribution in [2.24, 2.45) is 5.73 Å². The average molecular weight is 273 g/mol. The Labute approximate surface area is 119 Å². The summed E-state index contributed by atoms with van der Waals surface area (Å²) >= 11 is 0. The highest BCUT2D eigenvalue weighted by atomic mass is 16.5. The maximum Gasteiger partial charge on any atom is 0.135 e. The largest absolute Gasteiger partial charge is 0.497 e. The van der Waals surface area contributed by atoms with Gasteiger partial charge in [0.1, 0.15) is 23.0 Å². The Morgan fingerprint density at radius 1 is 0.850 bits per heavy atom. The van der Waals surface area contributed by atoms with E-state index in [2.05, 4.69) is 0 Å². The van der Waals surface area contributed by atoms with E-state index in [0.717, 1.165) is 22.8 Å². The fraction of sp³-hybridized carbons (Fsp3) is 0.250. The maximum atomic E-state index is 6.01. The zero-order valence-electron chi connectivity index (χ0n) is 11.9. The van der Waals surface area contributed by atoms with Gasteiger partial charge in [-0.3, -0.25) is 0 Å². The molecule has 0 amide bonds. The Kier molecular flexibility index (Phi) is 4.48. The minimum Gasteiger partial charge on any atom is -0.497 e. The van der Waals surface area contributed by atoms with Crippen LogP contribution in [0.2, 0.25) is 0 Å². The van der Waals surface area contributed by atoms with Gasteiger partial charge in [0.2, 0.25) is 0 Å². The van der Waals surface area contributed by atoms with Gasteiger partial charge in [0, 0.05) is 6.04 Å². The van der Waals surface area contributed by atoms with Crippen molar-refractivity contribution < 1.29 is 14.2 Å². The standard InChI is InChI=1S/C16H19NO3/c1-11(17)16-14(19-3)5-4-6-15(16)20-13-9-7-12(18-2)8-10-13/h4-11H,17H2,1-3H3/t11-/m1/s1. The summed E-state index contributed by atoms with van der Waals surface area (Å²) in [6.07, 6.45) is 0. The lowest BCUT2D eigenvalue weighted by Crippen LogP contribution is -2.08. The van der Waals surface area contributed by atoms with E-state index in [1.807, 2.05) is 49.4 Å². The van der Waals surface area contributed by atoms with Crippen LogP contribution in [0.15, 0.2) is 42.5 Å². The molecule has 0 heterocycles. The Balaban J connectivity index is 2.32. The Morgan fingerprint density at radius 3 is 2.00 bits per heavy atom. The normalized spacial score (nSPS) is 11.8. The van der Waals surface area contributed by atoms with Crippen LogP contribution < -0.4 is 19.9 Å². The summed E-state index contributed by atoms with van der Waals surface area (Å²) < 4.78 is 16.4. The first-order chi connectivity index (χ1) is 9.65. The molecule has 0 aliphatic carbocycles. The van der Waals surface area contributed by atoms with Crippen LogP contribution in [0.3, 0.4) is 0 Å². The van der Waals surface area contributed by atoms with Gasteiger partial charge in [-0.25, -0.2) is 0 Å². The minimum absolute atomic E-state index is 0.181. The van der Waals surface area contributed by atoms with Gasteiger partial charge >= 0.3 is 0 Å². The third-order valence-corrected chi connectivity index (χ3v) is 2.99. The number of hydrogen-bond donors (Lipinski definition) is 1. The second-order valence-electron chi connectivity index (χ2n) is 4.44. The number of rotatable bonds is 5. The van der Waals surface area contributed by atoms with Crippen LogP contribution in [0.25, 0.3) is 0 Å². The zero-order chi connectivity index (χ0) is 14.5. The van der Waals surface area contributed by atoms with Crippen LogP contribution in [0.4, 0.5) is 0 Å². The molecule has 4 heteroatoms. The lowest BCUT2D eigenvalue weighted by Gasteiger charge is -2.17. The molecule has 4 nitrogen and oxygen atoms in total. The summed E-state index contributed by atoms with van der Waals surface area (Å²) in [5, 5.41) is 0. The van der Waals surface area contributed by atoms with Gasteiger partial charge in [-0.15, -0.1) is 0 Å². The molecule has 20 heavy (non-hydrogen) atoms. The smallest absolute Gasteiger partial charge is 0.135 e. The Hall–Kier alpha value is -2.20. The summed E-state index contributed by atoms with van der Waals surface area (Å²) in [4.78, 5) is 0. The van der Waals surface area contributed by atoms with E-state index in [-0.39, 0.29) is 6.04 Å². The van der Waals surface area contributed by atoms with E-state index in [9.17, 15) is 0 Å². The summed E-state index contributed by atoms with van der Waals surface area (Å²) in [6, 6.07) is 12.8. The molecule has 0 aliphatic rings. The van der Waals surface area contributed by atoms with Gasteiger partial charge in [-0.2, -0.15) is 0 Å². The highest BCUT2D eigenvalue weighted by molar-refractivity contribution is 5.48. The Bertz CT molecular complexity index is 564. The van der Waals surface area contributed by atoms with Gasteiger partial charge in [0.15, 0.2) is 0 Å². The van der Waals surface area contributed by atoms with Crippen molar-refractivity contribution in [3.63, 3.8) is 0 Å². The van der Waals surface area contributed by atoms with Crippen molar-refractivity contribution in [3.05, 3.63) is 48.0 Å². The second kappa shape index (κ2) is 6.30.